The lowest BCUT2D eigenvalue weighted by molar-refractivity contribution is 0.0378. The van der Waals surface area contributed by atoms with Gasteiger partial charge in [-0.25, -0.2) is 0 Å². The van der Waals surface area contributed by atoms with Crippen molar-refractivity contribution in [2.45, 2.75) is 30.7 Å². The van der Waals surface area contributed by atoms with Crippen molar-refractivity contribution in [1.82, 2.24) is 9.88 Å². The van der Waals surface area contributed by atoms with Crippen molar-refractivity contribution in [3.05, 3.63) is 53.7 Å². The van der Waals surface area contributed by atoms with Crippen LogP contribution in [0.2, 0.25) is 0 Å². The molecule has 5 nitrogen and oxygen atoms in total. The maximum Gasteiger partial charge on any atom is 0.250 e. The number of pyridine rings is 1. The van der Waals surface area contributed by atoms with Crippen LogP contribution in [0.1, 0.15) is 35.2 Å². The number of likely N-dealkylation sites (tertiary alicyclic amines) is 1. The fraction of sp³-hybridized carbons (Fsp3) is 0.455. The topological polar surface area (TPSA) is 68.5 Å². The van der Waals surface area contributed by atoms with Crippen LogP contribution in [0.25, 0.3) is 11.3 Å². The summed E-state index contributed by atoms with van der Waals surface area (Å²) in [5, 5.41) is 0. The van der Waals surface area contributed by atoms with Crippen LogP contribution in [0, 0.1) is 5.92 Å². The smallest absolute Gasteiger partial charge is 0.250 e. The monoisotopic (exact) mass is 363 g/mol. The maximum atomic E-state index is 11.7. The van der Waals surface area contributed by atoms with Crippen LogP contribution in [0.15, 0.2) is 42.6 Å². The third kappa shape index (κ3) is 2.86. The lowest BCUT2D eigenvalue weighted by Gasteiger charge is -2.33. The molecule has 5 rings (SSSR count). The van der Waals surface area contributed by atoms with Crippen LogP contribution in [-0.4, -0.2) is 48.1 Å². The molecule has 2 aromatic rings. The van der Waals surface area contributed by atoms with Gasteiger partial charge < -0.3 is 10.5 Å². The van der Waals surface area contributed by atoms with Gasteiger partial charge >= 0.3 is 0 Å². The van der Waals surface area contributed by atoms with Crippen LogP contribution >= 0.6 is 0 Å². The largest absolute Gasteiger partial charge is 0.381 e. The molecule has 1 aliphatic carbocycles. The van der Waals surface area contributed by atoms with E-state index >= 15 is 0 Å². The van der Waals surface area contributed by atoms with Gasteiger partial charge in [0.1, 0.15) is 0 Å². The third-order valence-corrected chi connectivity index (χ3v) is 6.69. The minimum absolute atomic E-state index is 0.327. The molecule has 5 heteroatoms. The molecule has 0 radical (unpaired) electrons. The van der Waals surface area contributed by atoms with Gasteiger partial charge in [-0.05, 0) is 42.9 Å². The van der Waals surface area contributed by atoms with Crippen LogP contribution in [0.3, 0.4) is 0 Å². The Labute approximate surface area is 159 Å². The minimum Gasteiger partial charge on any atom is -0.381 e. The SMILES string of the molecule is NC(=O)c1cccnc1-c1ccc(C23CC2CN(C2CCOCC2)C3)cc1. The summed E-state index contributed by atoms with van der Waals surface area (Å²) in [7, 11) is 0. The molecule has 27 heavy (non-hydrogen) atoms. The van der Waals surface area contributed by atoms with E-state index in [1.165, 1.54) is 18.5 Å². The molecule has 1 aromatic heterocycles. The zero-order valence-electron chi connectivity index (χ0n) is 15.4. The summed E-state index contributed by atoms with van der Waals surface area (Å²) in [5.41, 5.74) is 9.33. The van der Waals surface area contributed by atoms with Gasteiger partial charge in [-0.15, -0.1) is 0 Å². The Kier molecular flexibility index (Phi) is 4.02. The number of hydrogen-bond donors (Lipinski definition) is 1. The predicted molar refractivity (Wildman–Crippen MR) is 103 cm³/mol. The Morgan fingerprint density at radius 3 is 2.70 bits per heavy atom. The molecule has 2 unspecified atom stereocenters. The van der Waals surface area contributed by atoms with Crippen LogP contribution in [-0.2, 0) is 10.2 Å². The van der Waals surface area contributed by atoms with Crippen molar-refractivity contribution in [1.29, 1.82) is 0 Å². The van der Waals surface area contributed by atoms with E-state index in [2.05, 4.69) is 34.1 Å². The standard InChI is InChI=1S/C22H25N3O2/c23-21(26)19-2-1-9-24-20(19)15-3-5-16(6-4-15)22-12-17(22)13-25(14-22)18-7-10-27-11-8-18/h1-6,9,17-18H,7-8,10-14H2,(H2,23,26). The van der Waals surface area contributed by atoms with Crippen molar-refractivity contribution >= 4 is 5.91 Å². The number of hydrogen-bond acceptors (Lipinski definition) is 4. The van der Waals surface area contributed by atoms with E-state index in [9.17, 15) is 4.79 Å². The highest BCUT2D eigenvalue weighted by Gasteiger charge is 2.61. The van der Waals surface area contributed by atoms with E-state index in [0.717, 1.165) is 44.1 Å². The Morgan fingerprint density at radius 2 is 1.96 bits per heavy atom. The van der Waals surface area contributed by atoms with Crippen molar-refractivity contribution in [3.63, 3.8) is 0 Å². The lowest BCUT2D eigenvalue weighted by Crippen LogP contribution is -2.40. The van der Waals surface area contributed by atoms with E-state index in [4.69, 9.17) is 10.5 Å². The van der Waals surface area contributed by atoms with E-state index < -0.39 is 5.91 Å². The molecule has 1 aromatic carbocycles. The molecular weight excluding hydrogens is 338 g/mol. The molecule has 0 bridgehead atoms. The number of primary amides is 1. The highest BCUT2D eigenvalue weighted by atomic mass is 16.5. The zero-order chi connectivity index (χ0) is 18.4. The second kappa shape index (κ2) is 6.43. The van der Waals surface area contributed by atoms with Crippen LogP contribution in [0.5, 0.6) is 0 Å². The van der Waals surface area contributed by atoms with Crippen molar-refractivity contribution < 1.29 is 9.53 Å². The molecule has 3 heterocycles. The van der Waals surface area contributed by atoms with Gasteiger partial charge in [-0.2, -0.15) is 0 Å². The van der Waals surface area contributed by atoms with E-state index in [-0.39, 0.29) is 0 Å². The molecular formula is C22H25N3O2. The van der Waals surface area contributed by atoms with Gasteiger partial charge in [-0.1, -0.05) is 24.3 Å². The molecule has 1 amide bonds. The predicted octanol–water partition coefficient (Wildman–Crippen LogP) is 2.60. The summed E-state index contributed by atoms with van der Waals surface area (Å²) < 4.78 is 5.52. The number of fused-ring (bicyclic) bond motifs is 1. The average molecular weight is 363 g/mol. The van der Waals surface area contributed by atoms with Crippen molar-refractivity contribution in [3.8, 4) is 11.3 Å². The van der Waals surface area contributed by atoms with Gasteiger partial charge in [0.05, 0.1) is 11.3 Å². The van der Waals surface area contributed by atoms with E-state index in [0.29, 0.717) is 22.7 Å². The Hall–Kier alpha value is -2.24. The summed E-state index contributed by atoms with van der Waals surface area (Å²) in [6.45, 7) is 4.19. The summed E-state index contributed by atoms with van der Waals surface area (Å²) in [6, 6.07) is 12.8. The van der Waals surface area contributed by atoms with Gasteiger partial charge in [0, 0.05) is 49.5 Å². The number of rotatable bonds is 4. The van der Waals surface area contributed by atoms with E-state index in [1.807, 2.05) is 0 Å². The number of carbonyl (C=O) groups excluding carboxylic acids is 1. The molecule has 3 aliphatic rings. The molecule has 2 saturated heterocycles. The number of aromatic nitrogens is 1. The fourth-order valence-electron chi connectivity index (χ4n) is 5.09. The van der Waals surface area contributed by atoms with Gasteiger partial charge in [0.25, 0.3) is 5.91 Å². The van der Waals surface area contributed by atoms with Crippen molar-refractivity contribution in [2.75, 3.05) is 26.3 Å². The molecule has 0 spiro atoms. The van der Waals surface area contributed by atoms with Crippen LogP contribution in [0.4, 0.5) is 0 Å². The first kappa shape index (κ1) is 16.9. The summed E-state index contributed by atoms with van der Waals surface area (Å²) >= 11 is 0. The average Bonchev–Trinajstić information content (AvgIpc) is 3.29. The van der Waals surface area contributed by atoms with Gasteiger partial charge in [0.15, 0.2) is 0 Å². The first-order valence-corrected chi connectivity index (χ1v) is 9.85. The third-order valence-electron chi connectivity index (χ3n) is 6.69. The first-order chi connectivity index (χ1) is 13.2. The van der Waals surface area contributed by atoms with E-state index in [1.54, 1.807) is 18.3 Å². The Balaban J connectivity index is 1.37. The first-order valence-electron chi connectivity index (χ1n) is 9.85. The van der Waals surface area contributed by atoms with Crippen molar-refractivity contribution in [2.24, 2.45) is 11.7 Å². The highest BCUT2D eigenvalue weighted by Crippen LogP contribution is 2.59. The number of amides is 1. The fourth-order valence-corrected chi connectivity index (χ4v) is 5.09. The molecule has 2 aliphatic heterocycles. The summed E-state index contributed by atoms with van der Waals surface area (Å²) in [4.78, 5) is 18.7. The number of ether oxygens (including phenoxy) is 1. The van der Waals surface area contributed by atoms with Crippen LogP contribution < -0.4 is 5.73 Å². The molecule has 1 saturated carbocycles. The molecule has 2 atom stereocenters. The minimum atomic E-state index is -0.439. The zero-order valence-corrected chi connectivity index (χ0v) is 15.4. The number of benzene rings is 1. The molecule has 2 N–H and O–H groups in total. The second-order valence-corrected chi connectivity index (χ2v) is 8.17. The highest BCUT2D eigenvalue weighted by molar-refractivity contribution is 5.98. The molecule has 140 valence electrons. The van der Waals surface area contributed by atoms with Gasteiger partial charge in [0.2, 0.25) is 0 Å². The van der Waals surface area contributed by atoms with Gasteiger partial charge in [-0.3, -0.25) is 14.7 Å². The number of carbonyl (C=O) groups is 1. The number of nitrogens with two attached hydrogens (primary N) is 1. The number of piperidine rings is 1. The maximum absolute atomic E-state index is 11.7. The quantitative estimate of drug-likeness (QED) is 0.907. The summed E-state index contributed by atoms with van der Waals surface area (Å²) in [6.07, 6.45) is 5.32. The lowest BCUT2D eigenvalue weighted by atomic mass is 9.92. The normalized spacial score (nSPS) is 28.1. The molecule has 3 fully saturated rings. The Bertz CT molecular complexity index is 860. The summed E-state index contributed by atoms with van der Waals surface area (Å²) in [5.74, 6) is 0.341. The number of nitrogens with zero attached hydrogens (tertiary/aromatic N) is 2. The second-order valence-electron chi connectivity index (χ2n) is 8.17. The Morgan fingerprint density at radius 1 is 1.19 bits per heavy atom.